The van der Waals surface area contributed by atoms with Gasteiger partial charge in [-0.2, -0.15) is 5.10 Å². The zero-order valence-electron chi connectivity index (χ0n) is 14.6. The summed E-state index contributed by atoms with van der Waals surface area (Å²) in [7, 11) is 1.82. The van der Waals surface area contributed by atoms with Gasteiger partial charge in [-0.05, 0) is 19.9 Å². The van der Waals surface area contributed by atoms with Gasteiger partial charge in [0.1, 0.15) is 17.8 Å². The first-order chi connectivity index (χ1) is 12.0. The number of fused-ring (bicyclic) bond motifs is 1. The number of anilines is 1. The summed E-state index contributed by atoms with van der Waals surface area (Å²) in [5.74, 6) is 0.822. The number of hydrogen-bond acceptors (Lipinski definition) is 6. The molecule has 0 bridgehead atoms. The van der Waals surface area contributed by atoms with Crippen LogP contribution < -0.4 is 10.2 Å². The lowest BCUT2D eigenvalue weighted by molar-refractivity contribution is -0.00710. The minimum absolute atomic E-state index is 0.0649. The summed E-state index contributed by atoms with van der Waals surface area (Å²) in [4.78, 5) is 23.1. The van der Waals surface area contributed by atoms with Gasteiger partial charge >= 0.3 is 0 Å². The van der Waals surface area contributed by atoms with Crippen LogP contribution in [-0.4, -0.2) is 50.9 Å². The van der Waals surface area contributed by atoms with Crippen molar-refractivity contribution in [1.29, 1.82) is 0 Å². The quantitative estimate of drug-likeness (QED) is 0.890. The van der Waals surface area contributed by atoms with Gasteiger partial charge in [0, 0.05) is 38.3 Å². The molecule has 1 saturated heterocycles. The van der Waals surface area contributed by atoms with Gasteiger partial charge in [0.2, 0.25) is 0 Å². The largest absolute Gasteiger partial charge is 0.369 e. The fourth-order valence-electron chi connectivity index (χ4n) is 3.63. The van der Waals surface area contributed by atoms with E-state index in [4.69, 9.17) is 4.74 Å². The molecule has 2 aliphatic rings. The smallest absolute Gasteiger partial charge is 0.270 e. The molecular weight excluding hydrogens is 320 g/mol. The Morgan fingerprint density at radius 2 is 2.16 bits per heavy atom. The van der Waals surface area contributed by atoms with Crippen LogP contribution in [0.3, 0.4) is 0 Å². The second kappa shape index (κ2) is 6.11. The van der Waals surface area contributed by atoms with Gasteiger partial charge in [-0.1, -0.05) is 0 Å². The molecule has 0 unspecified atom stereocenters. The molecule has 0 saturated carbocycles. The zero-order chi connectivity index (χ0) is 17.6. The van der Waals surface area contributed by atoms with Crippen LogP contribution in [0.15, 0.2) is 18.6 Å². The number of aryl methyl sites for hydroxylation is 1. The minimum atomic E-state index is -0.0801. The molecule has 2 aromatic heterocycles. The maximum absolute atomic E-state index is 12.8. The third kappa shape index (κ3) is 2.86. The molecule has 1 N–H and O–H groups in total. The van der Waals surface area contributed by atoms with Gasteiger partial charge in [0.25, 0.3) is 5.91 Å². The maximum Gasteiger partial charge on any atom is 0.270 e. The monoisotopic (exact) mass is 342 g/mol. The van der Waals surface area contributed by atoms with Crippen molar-refractivity contribution < 1.29 is 9.53 Å². The summed E-state index contributed by atoms with van der Waals surface area (Å²) in [6.07, 6.45) is 3.99. The van der Waals surface area contributed by atoms with Crippen LogP contribution in [0, 0.1) is 0 Å². The molecular formula is C17H22N6O2. The molecule has 0 spiro atoms. The predicted octanol–water partition coefficient (Wildman–Crippen LogP) is 0.851. The highest BCUT2D eigenvalue weighted by atomic mass is 16.5. The first-order valence-electron chi connectivity index (χ1n) is 8.56. The predicted molar refractivity (Wildman–Crippen MR) is 91.4 cm³/mol. The van der Waals surface area contributed by atoms with Crippen LogP contribution in [0.25, 0.3) is 0 Å². The van der Waals surface area contributed by atoms with Crippen molar-refractivity contribution in [3.05, 3.63) is 35.5 Å². The van der Waals surface area contributed by atoms with Crippen molar-refractivity contribution in [2.24, 2.45) is 7.05 Å². The number of rotatable bonds is 3. The van der Waals surface area contributed by atoms with E-state index in [1.165, 1.54) is 6.33 Å². The van der Waals surface area contributed by atoms with Crippen LogP contribution in [0.2, 0.25) is 0 Å². The molecule has 2 aliphatic heterocycles. The van der Waals surface area contributed by atoms with Gasteiger partial charge in [0.05, 0.1) is 23.9 Å². The van der Waals surface area contributed by atoms with E-state index in [0.29, 0.717) is 12.1 Å². The highest BCUT2D eigenvalue weighted by Crippen LogP contribution is 2.31. The topological polar surface area (TPSA) is 85.2 Å². The molecule has 0 aromatic carbocycles. The van der Waals surface area contributed by atoms with Gasteiger partial charge in [-0.25, -0.2) is 9.97 Å². The molecule has 2 aromatic rings. The molecule has 25 heavy (non-hydrogen) atoms. The standard InChI is InChI=1S/C17H22N6O2/c1-10-6-13-15(11(2)25-10)21-22(3)16(13)17(24)20-12-7-23(8-12)14-4-5-18-9-19-14/h4-5,9-12H,6-8H2,1-3H3,(H,20,24)/t10-,11+/m1/s1. The minimum Gasteiger partial charge on any atom is -0.369 e. The highest BCUT2D eigenvalue weighted by molar-refractivity contribution is 5.94. The fourth-order valence-corrected chi connectivity index (χ4v) is 3.63. The Bertz CT molecular complexity index is 784. The molecule has 1 fully saturated rings. The van der Waals surface area contributed by atoms with E-state index in [1.54, 1.807) is 10.9 Å². The van der Waals surface area contributed by atoms with Gasteiger partial charge < -0.3 is 15.0 Å². The molecule has 132 valence electrons. The van der Waals surface area contributed by atoms with Crippen molar-refractivity contribution in [2.75, 3.05) is 18.0 Å². The van der Waals surface area contributed by atoms with Gasteiger partial charge in [-0.3, -0.25) is 9.48 Å². The van der Waals surface area contributed by atoms with Crippen molar-refractivity contribution in [2.45, 2.75) is 38.5 Å². The molecule has 0 aliphatic carbocycles. The lowest BCUT2D eigenvalue weighted by atomic mass is 9.99. The van der Waals surface area contributed by atoms with Crippen molar-refractivity contribution >= 4 is 11.7 Å². The Kier molecular flexibility index (Phi) is 3.91. The van der Waals surface area contributed by atoms with Crippen LogP contribution >= 0.6 is 0 Å². The summed E-state index contributed by atoms with van der Waals surface area (Å²) >= 11 is 0. The summed E-state index contributed by atoms with van der Waals surface area (Å²) in [6, 6.07) is 1.99. The summed E-state index contributed by atoms with van der Waals surface area (Å²) in [5.41, 5.74) is 2.54. The molecule has 2 atom stereocenters. The second-order valence-electron chi connectivity index (χ2n) is 6.77. The zero-order valence-corrected chi connectivity index (χ0v) is 14.6. The number of carbonyl (C=O) groups excluding carboxylic acids is 1. The number of aromatic nitrogens is 4. The van der Waals surface area contributed by atoms with Gasteiger partial charge in [0.15, 0.2) is 0 Å². The number of amides is 1. The SMILES string of the molecule is C[C@@H]1Cc2c(nn(C)c2C(=O)NC2CN(c3ccncn3)C2)[C@H](C)O1. The number of ether oxygens (including phenoxy) is 1. The normalized spacial score (nSPS) is 23.1. The Morgan fingerprint density at radius 3 is 2.88 bits per heavy atom. The molecule has 1 amide bonds. The number of nitrogens with one attached hydrogen (secondary N) is 1. The van der Waals surface area contributed by atoms with Crippen LogP contribution in [0.4, 0.5) is 5.82 Å². The average molecular weight is 342 g/mol. The lowest BCUT2D eigenvalue weighted by Crippen LogP contribution is -2.60. The molecule has 8 heteroatoms. The number of carbonyl (C=O) groups is 1. The summed E-state index contributed by atoms with van der Waals surface area (Å²) in [5, 5.41) is 7.62. The molecule has 4 rings (SSSR count). The van der Waals surface area contributed by atoms with E-state index < -0.39 is 0 Å². The summed E-state index contributed by atoms with van der Waals surface area (Å²) in [6.45, 7) is 5.51. The number of nitrogens with zero attached hydrogens (tertiary/aromatic N) is 5. The van der Waals surface area contributed by atoms with Gasteiger partial charge in [-0.15, -0.1) is 0 Å². The third-order valence-corrected chi connectivity index (χ3v) is 4.81. The van der Waals surface area contributed by atoms with E-state index in [1.807, 2.05) is 27.0 Å². The maximum atomic E-state index is 12.8. The second-order valence-corrected chi connectivity index (χ2v) is 6.77. The molecule has 0 radical (unpaired) electrons. The Hall–Kier alpha value is -2.48. The molecule has 4 heterocycles. The Morgan fingerprint density at radius 1 is 1.36 bits per heavy atom. The summed E-state index contributed by atoms with van der Waals surface area (Å²) < 4.78 is 7.49. The lowest BCUT2D eigenvalue weighted by Gasteiger charge is -2.40. The Balaban J connectivity index is 1.45. The van der Waals surface area contributed by atoms with Crippen molar-refractivity contribution in [3.63, 3.8) is 0 Å². The van der Waals surface area contributed by atoms with Crippen molar-refractivity contribution in [1.82, 2.24) is 25.1 Å². The number of hydrogen-bond donors (Lipinski definition) is 1. The van der Waals surface area contributed by atoms with E-state index in [2.05, 4.69) is 25.3 Å². The fraction of sp³-hybridized carbons (Fsp3) is 0.529. The first kappa shape index (κ1) is 16.0. The van der Waals surface area contributed by atoms with Crippen LogP contribution in [0.1, 0.15) is 41.7 Å². The van der Waals surface area contributed by atoms with E-state index in [-0.39, 0.29) is 24.2 Å². The van der Waals surface area contributed by atoms with Crippen LogP contribution in [0.5, 0.6) is 0 Å². The van der Waals surface area contributed by atoms with E-state index in [9.17, 15) is 4.79 Å². The Labute approximate surface area is 146 Å². The highest BCUT2D eigenvalue weighted by Gasteiger charge is 2.34. The average Bonchev–Trinajstić information content (AvgIpc) is 2.87. The van der Waals surface area contributed by atoms with Crippen LogP contribution in [-0.2, 0) is 18.2 Å². The molecule has 8 nitrogen and oxygen atoms in total. The van der Waals surface area contributed by atoms with E-state index in [0.717, 1.165) is 30.2 Å². The van der Waals surface area contributed by atoms with Crippen molar-refractivity contribution in [3.8, 4) is 0 Å². The first-order valence-corrected chi connectivity index (χ1v) is 8.56. The van der Waals surface area contributed by atoms with E-state index >= 15 is 0 Å². The third-order valence-electron chi connectivity index (χ3n) is 4.81.